The van der Waals surface area contributed by atoms with E-state index in [9.17, 15) is 0 Å². The van der Waals surface area contributed by atoms with E-state index in [2.05, 4.69) is 22.4 Å². The van der Waals surface area contributed by atoms with Gasteiger partial charge in [0.05, 0.1) is 7.11 Å². The van der Waals surface area contributed by atoms with Crippen molar-refractivity contribution in [2.24, 2.45) is 0 Å². The molecule has 2 heterocycles. The fourth-order valence-electron chi connectivity index (χ4n) is 2.85. The molecule has 0 bridgehead atoms. The molecule has 21 heavy (non-hydrogen) atoms. The molecular formula is C17H21NO2S. The number of nitrogens with zero attached hydrogens (tertiary/aromatic N) is 1. The minimum atomic E-state index is 0.587. The number of hydrogen-bond donors (Lipinski definition) is 0. The van der Waals surface area contributed by atoms with Crippen molar-refractivity contribution in [2.45, 2.75) is 18.9 Å². The molecule has 1 unspecified atom stereocenters. The molecule has 2 aromatic rings. The zero-order valence-corrected chi connectivity index (χ0v) is 13.1. The Kier molecular flexibility index (Phi) is 4.78. The SMILES string of the molecule is COc1ccc(OCCN2CCCC2c2cccs2)cc1. The highest BCUT2D eigenvalue weighted by molar-refractivity contribution is 7.10. The lowest BCUT2D eigenvalue weighted by Gasteiger charge is -2.23. The summed E-state index contributed by atoms with van der Waals surface area (Å²) in [5, 5.41) is 2.17. The average Bonchev–Trinajstić information content (AvgIpc) is 3.18. The lowest BCUT2D eigenvalue weighted by Crippen LogP contribution is -2.27. The van der Waals surface area contributed by atoms with Gasteiger partial charge < -0.3 is 9.47 Å². The van der Waals surface area contributed by atoms with E-state index in [1.54, 1.807) is 7.11 Å². The second kappa shape index (κ2) is 6.96. The lowest BCUT2D eigenvalue weighted by atomic mass is 10.2. The zero-order chi connectivity index (χ0) is 14.5. The summed E-state index contributed by atoms with van der Waals surface area (Å²) in [6.07, 6.45) is 2.55. The number of methoxy groups -OCH3 is 1. The van der Waals surface area contributed by atoms with Crippen LogP contribution in [0.25, 0.3) is 0 Å². The Hall–Kier alpha value is -1.52. The highest BCUT2D eigenvalue weighted by Gasteiger charge is 2.26. The van der Waals surface area contributed by atoms with Gasteiger partial charge in [-0.15, -0.1) is 11.3 Å². The van der Waals surface area contributed by atoms with E-state index in [-0.39, 0.29) is 0 Å². The monoisotopic (exact) mass is 303 g/mol. The van der Waals surface area contributed by atoms with E-state index in [1.807, 2.05) is 35.6 Å². The zero-order valence-electron chi connectivity index (χ0n) is 12.3. The van der Waals surface area contributed by atoms with E-state index < -0.39 is 0 Å². The molecule has 3 nitrogen and oxygen atoms in total. The first-order valence-corrected chi connectivity index (χ1v) is 8.29. The summed E-state index contributed by atoms with van der Waals surface area (Å²) in [5.74, 6) is 1.77. The molecule has 1 fully saturated rings. The molecule has 0 amide bonds. The fraction of sp³-hybridized carbons (Fsp3) is 0.412. The molecule has 0 radical (unpaired) electrons. The maximum Gasteiger partial charge on any atom is 0.119 e. The summed E-state index contributed by atoms with van der Waals surface area (Å²) in [6.45, 7) is 2.89. The summed E-state index contributed by atoms with van der Waals surface area (Å²) in [4.78, 5) is 4.02. The van der Waals surface area contributed by atoms with Crippen LogP contribution in [-0.2, 0) is 0 Å². The average molecular weight is 303 g/mol. The van der Waals surface area contributed by atoms with Crippen molar-refractivity contribution in [3.8, 4) is 11.5 Å². The standard InChI is InChI=1S/C17H21NO2S/c1-19-14-6-8-15(9-7-14)20-12-11-18-10-2-4-16(18)17-5-3-13-21-17/h3,5-9,13,16H,2,4,10-12H2,1H3. The molecule has 1 atom stereocenters. The third kappa shape index (κ3) is 3.57. The molecule has 1 aliphatic heterocycles. The molecule has 1 saturated heterocycles. The minimum absolute atomic E-state index is 0.587. The predicted octanol–water partition coefficient (Wildman–Crippen LogP) is 3.97. The molecule has 0 aliphatic carbocycles. The first-order chi connectivity index (χ1) is 10.4. The largest absolute Gasteiger partial charge is 0.497 e. The first kappa shape index (κ1) is 14.4. The van der Waals surface area contributed by atoms with Crippen LogP contribution in [0.15, 0.2) is 41.8 Å². The van der Waals surface area contributed by atoms with Crippen LogP contribution in [0.3, 0.4) is 0 Å². The maximum atomic E-state index is 5.84. The van der Waals surface area contributed by atoms with Crippen LogP contribution in [0, 0.1) is 0 Å². The second-order valence-corrected chi connectivity index (χ2v) is 6.21. The van der Waals surface area contributed by atoms with Crippen LogP contribution >= 0.6 is 11.3 Å². The van der Waals surface area contributed by atoms with Crippen molar-refractivity contribution >= 4 is 11.3 Å². The second-order valence-electron chi connectivity index (χ2n) is 5.23. The first-order valence-electron chi connectivity index (χ1n) is 7.41. The highest BCUT2D eigenvalue weighted by atomic mass is 32.1. The van der Waals surface area contributed by atoms with Gasteiger partial charge in [-0.1, -0.05) is 6.07 Å². The number of rotatable bonds is 6. The van der Waals surface area contributed by atoms with Gasteiger partial charge in [-0.2, -0.15) is 0 Å². The fourth-order valence-corrected chi connectivity index (χ4v) is 3.74. The van der Waals surface area contributed by atoms with Crippen LogP contribution in [0.4, 0.5) is 0 Å². The summed E-state index contributed by atoms with van der Waals surface area (Å²) >= 11 is 1.86. The van der Waals surface area contributed by atoms with E-state index in [0.717, 1.165) is 24.7 Å². The van der Waals surface area contributed by atoms with E-state index in [0.29, 0.717) is 6.04 Å². The molecular weight excluding hydrogens is 282 g/mol. The van der Waals surface area contributed by atoms with Crippen LogP contribution < -0.4 is 9.47 Å². The van der Waals surface area contributed by atoms with Gasteiger partial charge in [0.2, 0.25) is 0 Å². The van der Waals surface area contributed by atoms with Crippen molar-refractivity contribution < 1.29 is 9.47 Å². The smallest absolute Gasteiger partial charge is 0.119 e. The van der Waals surface area contributed by atoms with E-state index in [4.69, 9.17) is 9.47 Å². The van der Waals surface area contributed by atoms with Gasteiger partial charge in [-0.25, -0.2) is 0 Å². The van der Waals surface area contributed by atoms with Crippen LogP contribution in [0.5, 0.6) is 11.5 Å². The summed E-state index contributed by atoms with van der Waals surface area (Å²) < 4.78 is 11.0. The number of hydrogen-bond acceptors (Lipinski definition) is 4. The van der Waals surface area contributed by atoms with Gasteiger partial charge >= 0.3 is 0 Å². The Morgan fingerprint density at radius 1 is 1.19 bits per heavy atom. The van der Waals surface area contributed by atoms with Crippen LogP contribution in [-0.4, -0.2) is 31.7 Å². The van der Waals surface area contributed by atoms with Gasteiger partial charge in [0.25, 0.3) is 0 Å². The predicted molar refractivity (Wildman–Crippen MR) is 86.4 cm³/mol. The molecule has 1 aromatic carbocycles. The Morgan fingerprint density at radius 3 is 2.71 bits per heavy atom. The van der Waals surface area contributed by atoms with Crippen molar-refractivity contribution in [1.82, 2.24) is 4.90 Å². The molecule has 0 N–H and O–H groups in total. The molecule has 1 aliphatic rings. The Labute approximate surface area is 130 Å². The molecule has 1 aromatic heterocycles. The van der Waals surface area contributed by atoms with E-state index in [1.165, 1.54) is 24.3 Å². The van der Waals surface area contributed by atoms with Gasteiger partial charge in [-0.05, 0) is 55.1 Å². The van der Waals surface area contributed by atoms with Crippen molar-refractivity contribution in [3.05, 3.63) is 46.7 Å². The van der Waals surface area contributed by atoms with Crippen molar-refractivity contribution in [2.75, 3.05) is 26.8 Å². The Balaban J connectivity index is 1.50. The summed E-state index contributed by atoms with van der Waals surface area (Å²) in [7, 11) is 1.67. The lowest BCUT2D eigenvalue weighted by molar-refractivity contribution is 0.199. The van der Waals surface area contributed by atoms with Gasteiger partial charge in [-0.3, -0.25) is 4.90 Å². The topological polar surface area (TPSA) is 21.7 Å². The highest BCUT2D eigenvalue weighted by Crippen LogP contribution is 2.34. The van der Waals surface area contributed by atoms with Crippen molar-refractivity contribution in [3.63, 3.8) is 0 Å². The van der Waals surface area contributed by atoms with Gasteiger partial charge in [0.1, 0.15) is 18.1 Å². The van der Waals surface area contributed by atoms with Crippen molar-refractivity contribution in [1.29, 1.82) is 0 Å². The Morgan fingerprint density at radius 2 is 2.00 bits per heavy atom. The number of ether oxygens (including phenoxy) is 2. The van der Waals surface area contributed by atoms with Crippen LogP contribution in [0.1, 0.15) is 23.8 Å². The number of thiophene rings is 1. The quantitative estimate of drug-likeness (QED) is 0.806. The normalized spacial score (nSPS) is 18.8. The van der Waals surface area contributed by atoms with Crippen LogP contribution in [0.2, 0.25) is 0 Å². The summed E-state index contributed by atoms with van der Waals surface area (Å²) in [5.41, 5.74) is 0. The molecule has 0 spiro atoms. The number of likely N-dealkylation sites (tertiary alicyclic amines) is 1. The minimum Gasteiger partial charge on any atom is -0.497 e. The molecule has 112 valence electrons. The van der Waals surface area contributed by atoms with Gasteiger partial charge in [0.15, 0.2) is 0 Å². The third-order valence-corrected chi connectivity index (χ3v) is 4.92. The Bertz CT molecular complexity index is 538. The molecule has 4 heteroatoms. The maximum absolute atomic E-state index is 5.84. The summed E-state index contributed by atoms with van der Waals surface area (Å²) in [6, 6.07) is 12.8. The van der Waals surface area contributed by atoms with Gasteiger partial charge in [0, 0.05) is 17.5 Å². The van der Waals surface area contributed by atoms with E-state index >= 15 is 0 Å². The number of benzene rings is 1. The third-order valence-electron chi connectivity index (χ3n) is 3.94. The molecule has 3 rings (SSSR count). The molecule has 0 saturated carbocycles.